The topological polar surface area (TPSA) is 75.2 Å². The van der Waals surface area contributed by atoms with Crippen LogP contribution in [0.1, 0.15) is 30.1 Å². The van der Waals surface area contributed by atoms with E-state index < -0.39 is 10.0 Å². The molecule has 0 aromatic carbocycles. The minimum Gasteiger partial charge on any atom is -0.347 e. The third kappa shape index (κ3) is 2.97. The van der Waals surface area contributed by atoms with Crippen LogP contribution in [0.5, 0.6) is 0 Å². The van der Waals surface area contributed by atoms with E-state index in [9.17, 15) is 8.42 Å². The zero-order chi connectivity index (χ0) is 13.3. The van der Waals surface area contributed by atoms with E-state index in [-0.39, 0.29) is 6.04 Å². The number of nitrogens with one attached hydrogen (secondary N) is 1. The fourth-order valence-electron chi connectivity index (χ4n) is 2.13. The van der Waals surface area contributed by atoms with Gasteiger partial charge < -0.3 is 4.90 Å². The molecule has 1 unspecified atom stereocenters. The van der Waals surface area contributed by atoms with Crippen LogP contribution in [0.4, 0.5) is 5.95 Å². The second-order valence-electron chi connectivity index (χ2n) is 4.80. The highest BCUT2D eigenvalue weighted by molar-refractivity contribution is 7.88. The molecule has 0 fully saturated rings. The predicted molar refractivity (Wildman–Crippen MR) is 70.0 cm³/mol. The molecule has 100 valence electrons. The molecule has 1 N–H and O–H groups in total. The van der Waals surface area contributed by atoms with Crippen LogP contribution >= 0.6 is 0 Å². The maximum atomic E-state index is 11.3. The fraction of sp³-hybridized carbons (Fsp3) is 0.636. The van der Waals surface area contributed by atoms with Crippen molar-refractivity contribution in [3.8, 4) is 0 Å². The van der Waals surface area contributed by atoms with Crippen LogP contribution in [0.15, 0.2) is 6.20 Å². The average Bonchev–Trinajstić information content (AvgIpc) is 2.26. The third-order valence-electron chi connectivity index (χ3n) is 2.93. The molecule has 0 spiro atoms. The van der Waals surface area contributed by atoms with Gasteiger partial charge in [-0.15, -0.1) is 0 Å². The van der Waals surface area contributed by atoms with Crippen LogP contribution in [0.3, 0.4) is 0 Å². The Morgan fingerprint density at radius 3 is 2.78 bits per heavy atom. The number of fused-ring (bicyclic) bond motifs is 1. The number of anilines is 1. The van der Waals surface area contributed by atoms with Gasteiger partial charge in [0.1, 0.15) is 0 Å². The van der Waals surface area contributed by atoms with Crippen molar-refractivity contribution in [2.75, 3.05) is 25.3 Å². The lowest BCUT2D eigenvalue weighted by atomic mass is 9.93. The smallest absolute Gasteiger partial charge is 0.225 e. The second-order valence-corrected chi connectivity index (χ2v) is 6.58. The normalized spacial score (nSPS) is 19.4. The summed E-state index contributed by atoms with van der Waals surface area (Å²) < 4.78 is 25.3. The molecule has 7 heteroatoms. The lowest BCUT2D eigenvalue weighted by Gasteiger charge is -2.25. The van der Waals surface area contributed by atoms with Crippen LogP contribution in [0.2, 0.25) is 0 Å². The van der Waals surface area contributed by atoms with E-state index in [1.54, 1.807) is 6.20 Å². The predicted octanol–water partition coefficient (Wildman–Crippen LogP) is 0.469. The van der Waals surface area contributed by atoms with Crippen LogP contribution in [-0.2, 0) is 16.4 Å². The molecule has 0 amide bonds. The van der Waals surface area contributed by atoms with E-state index >= 15 is 0 Å². The third-order valence-corrected chi connectivity index (χ3v) is 3.64. The Labute approximate surface area is 107 Å². The largest absolute Gasteiger partial charge is 0.347 e. The van der Waals surface area contributed by atoms with Gasteiger partial charge in [-0.25, -0.2) is 23.1 Å². The van der Waals surface area contributed by atoms with Crippen molar-refractivity contribution in [3.63, 3.8) is 0 Å². The number of sulfonamides is 1. The summed E-state index contributed by atoms with van der Waals surface area (Å²) >= 11 is 0. The Hall–Kier alpha value is -1.21. The van der Waals surface area contributed by atoms with Crippen LogP contribution in [0.25, 0.3) is 0 Å². The van der Waals surface area contributed by atoms with E-state index in [0.29, 0.717) is 5.95 Å². The van der Waals surface area contributed by atoms with Crippen molar-refractivity contribution in [1.29, 1.82) is 0 Å². The van der Waals surface area contributed by atoms with Crippen LogP contribution < -0.4 is 9.62 Å². The van der Waals surface area contributed by atoms with E-state index in [0.717, 1.165) is 30.5 Å². The fourth-order valence-corrected chi connectivity index (χ4v) is 2.89. The number of hydrogen-bond acceptors (Lipinski definition) is 5. The van der Waals surface area contributed by atoms with Gasteiger partial charge in [0, 0.05) is 31.9 Å². The maximum Gasteiger partial charge on any atom is 0.225 e. The lowest BCUT2D eigenvalue weighted by molar-refractivity contribution is 0.502. The molecule has 1 aliphatic carbocycles. The monoisotopic (exact) mass is 270 g/mol. The number of aromatic nitrogens is 2. The van der Waals surface area contributed by atoms with Gasteiger partial charge in [0.15, 0.2) is 0 Å². The SMILES string of the molecule is CN(C)c1ncc2c(n1)CCCC2NS(C)(=O)=O. The first kappa shape index (κ1) is 13.2. The van der Waals surface area contributed by atoms with Gasteiger partial charge in [-0.2, -0.15) is 0 Å². The second kappa shape index (κ2) is 4.81. The number of aryl methyl sites for hydroxylation is 1. The van der Waals surface area contributed by atoms with E-state index in [1.807, 2.05) is 19.0 Å². The molecule has 2 rings (SSSR count). The van der Waals surface area contributed by atoms with E-state index in [1.165, 1.54) is 6.26 Å². The lowest BCUT2D eigenvalue weighted by Crippen LogP contribution is -2.31. The van der Waals surface area contributed by atoms with Crippen molar-refractivity contribution in [3.05, 3.63) is 17.5 Å². The number of nitrogens with zero attached hydrogens (tertiary/aromatic N) is 3. The number of hydrogen-bond donors (Lipinski definition) is 1. The zero-order valence-electron chi connectivity index (χ0n) is 10.8. The molecule has 0 aliphatic heterocycles. The summed E-state index contributed by atoms with van der Waals surface area (Å²) in [7, 11) is 0.563. The minimum absolute atomic E-state index is 0.194. The van der Waals surface area contributed by atoms with Crippen molar-refractivity contribution < 1.29 is 8.42 Å². The van der Waals surface area contributed by atoms with E-state index in [2.05, 4.69) is 14.7 Å². The van der Waals surface area contributed by atoms with Gasteiger partial charge >= 0.3 is 0 Å². The molecule has 0 saturated heterocycles. The first-order chi connectivity index (χ1) is 8.37. The van der Waals surface area contributed by atoms with Crippen molar-refractivity contribution in [2.24, 2.45) is 0 Å². The summed E-state index contributed by atoms with van der Waals surface area (Å²) in [6.07, 6.45) is 5.52. The summed E-state index contributed by atoms with van der Waals surface area (Å²) in [4.78, 5) is 10.6. The van der Waals surface area contributed by atoms with E-state index in [4.69, 9.17) is 0 Å². The zero-order valence-corrected chi connectivity index (χ0v) is 11.7. The molecule has 6 nitrogen and oxygen atoms in total. The highest BCUT2D eigenvalue weighted by Crippen LogP contribution is 2.29. The summed E-state index contributed by atoms with van der Waals surface area (Å²) in [5.41, 5.74) is 1.85. The molecule has 1 heterocycles. The summed E-state index contributed by atoms with van der Waals surface area (Å²) in [6, 6.07) is -0.194. The molecule has 1 aromatic heterocycles. The number of rotatable bonds is 3. The molecule has 1 atom stereocenters. The molecule has 0 saturated carbocycles. The van der Waals surface area contributed by atoms with Gasteiger partial charge in [-0.1, -0.05) is 0 Å². The molecule has 0 radical (unpaired) electrons. The van der Waals surface area contributed by atoms with Gasteiger partial charge in [0.2, 0.25) is 16.0 Å². The Balaban J connectivity index is 2.33. The molecule has 0 bridgehead atoms. The standard InChI is InChI=1S/C11H18N4O2S/c1-15(2)11-12-7-8-9(13-11)5-4-6-10(8)14-18(3,16)17/h7,10,14H,4-6H2,1-3H3. The first-order valence-electron chi connectivity index (χ1n) is 5.87. The molecular weight excluding hydrogens is 252 g/mol. The summed E-state index contributed by atoms with van der Waals surface area (Å²) in [5, 5.41) is 0. The van der Waals surface area contributed by atoms with Crippen molar-refractivity contribution in [2.45, 2.75) is 25.3 Å². The van der Waals surface area contributed by atoms with Gasteiger partial charge in [-0.3, -0.25) is 0 Å². The Morgan fingerprint density at radius 1 is 1.44 bits per heavy atom. The Kier molecular flexibility index (Phi) is 3.54. The van der Waals surface area contributed by atoms with Gasteiger partial charge in [0.05, 0.1) is 11.9 Å². The van der Waals surface area contributed by atoms with Crippen molar-refractivity contribution in [1.82, 2.24) is 14.7 Å². The minimum atomic E-state index is -3.21. The molecule has 1 aliphatic rings. The van der Waals surface area contributed by atoms with Crippen LogP contribution in [-0.4, -0.2) is 38.7 Å². The molecule has 18 heavy (non-hydrogen) atoms. The van der Waals surface area contributed by atoms with Crippen molar-refractivity contribution >= 4 is 16.0 Å². The first-order valence-corrected chi connectivity index (χ1v) is 7.76. The van der Waals surface area contributed by atoms with Gasteiger partial charge in [-0.05, 0) is 19.3 Å². The highest BCUT2D eigenvalue weighted by Gasteiger charge is 2.24. The Bertz CT molecular complexity index is 542. The highest BCUT2D eigenvalue weighted by atomic mass is 32.2. The molecular formula is C11H18N4O2S. The molecule has 1 aromatic rings. The maximum absolute atomic E-state index is 11.3. The summed E-state index contributed by atoms with van der Waals surface area (Å²) in [6.45, 7) is 0. The van der Waals surface area contributed by atoms with Gasteiger partial charge in [0.25, 0.3) is 0 Å². The van der Waals surface area contributed by atoms with Crippen LogP contribution in [0, 0.1) is 0 Å². The average molecular weight is 270 g/mol. The quantitative estimate of drug-likeness (QED) is 0.864. The summed E-state index contributed by atoms with van der Waals surface area (Å²) in [5.74, 6) is 0.661. The Morgan fingerprint density at radius 2 is 2.17 bits per heavy atom.